The van der Waals surface area contributed by atoms with Gasteiger partial charge in [0.25, 0.3) is 0 Å². The molecule has 0 radical (unpaired) electrons. The van der Waals surface area contributed by atoms with E-state index in [1.807, 2.05) is 24.7 Å². The molecule has 7 nitrogen and oxygen atoms in total. The van der Waals surface area contributed by atoms with Crippen LogP contribution in [0.2, 0.25) is 0 Å². The largest absolute Gasteiger partial charge is 0.443 e. The van der Waals surface area contributed by atoms with Gasteiger partial charge < -0.3 is 9.30 Å². The molecule has 2 aliphatic heterocycles. The summed E-state index contributed by atoms with van der Waals surface area (Å²) in [4.78, 5) is 35.6. The molecular formula is C21H26N4O3. The average Bonchev–Trinajstić information content (AvgIpc) is 3.05. The van der Waals surface area contributed by atoms with Crippen LogP contribution in [0.25, 0.3) is 5.69 Å². The molecule has 1 atom stereocenters. The maximum Gasteiger partial charge on any atom is 0.417 e. The van der Waals surface area contributed by atoms with Crippen LogP contribution < -0.4 is 0 Å². The minimum atomic E-state index is -0.616. The number of imidazole rings is 1. The van der Waals surface area contributed by atoms with Gasteiger partial charge in [-0.3, -0.25) is 9.78 Å². The number of fused-ring (bicyclic) bond motifs is 3. The van der Waals surface area contributed by atoms with Crippen LogP contribution in [0, 0.1) is 5.92 Å². The van der Waals surface area contributed by atoms with Crippen LogP contribution in [0.15, 0.2) is 24.7 Å². The molecule has 2 amide bonds. The first kappa shape index (κ1) is 18.7. The maximum atomic E-state index is 12.9. The molecule has 0 aromatic carbocycles. The SMILES string of the molecule is CC(C)(C)OC(=O)N1CCCC(Cc2ncn3c2CCc2ncccc2-3)C1=O. The molecule has 0 saturated carbocycles. The fourth-order valence-electron chi connectivity index (χ4n) is 4.00. The zero-order chi connectivity index (χ0) is 19.9. The Morgan fingerprint density at radius 1 is 1.29 bits per heavy atom. The van der Waals surface area contributed by atoms with Gasteiger partial charge in [0, 0.05) is 30.8 Å². The molecule has 7 heteroatoms. The minimum Gasteiger partial charge on any atom is -0.443 e. The molecule has 0 N–H and O–H groups in total. The molecule has 2 aliphatic rings. The Morgan fingerprint density at radius 3 is 2.89 bits per heavy atom. The predicted molar refractivity (Wildman–Crippen MR) is 103 cm³/mol. The Labute approximate surface area is 164 Å². The van der Waals surface area contributed by atoms with Crippen molar-refractivity contribution in [3.05, 3.63) is 41.7 Å². The number of ether oxygens (including phenoxy) is 1. The van der Waals surface area contributed by atoms with Crippen LogP contribution in [0.1, 0.15) is 50.7 Å². The molecule has 4 rings (SSSR count). The Balaban J connectivity index is 1.52. The second-order valence-corrected chi connectivity index (χ2v) is 8.49. The van der Waals surface area contributed by atoms with E-state index in [2.05, 4.69) is 14.5 Å². The molecule has 28 heavy (non-hydrogen) atoms. The van der Waals surface area contributed by atoms with Crippen LogP contribution >= 0.6 is 0 Å². The second-order valence-electron chi connectivity index (χ2n) is 8.49. The molecular weight excluding hydrogens is 356 g/mol. The van der Waals surface area contributed by atoms with Crippen molar-refractivity contribution in [3.63, 3.8) is 0 Å². The highest BCUT2D eigenvalue weighted by atomic mass is 16.6. The van der Waals surface area contributed by atoms with Crippen LogP contribution in [0.3, 0.4) is 0 Å². The summed E-state index contributed by atoms with van der Waals surface area (Å²) in [5.74, 6) is -0.392. The Morgan fingerprint density at radius 2 is 2.11 bits per heavy atom. The number of aryl methyl sites for hydroxylation is 1. The maximum absolute atomic E-state index is 12.9. The van der Waals surface area contributed by atoms with Gasteiger partial charge in [-0.25, -0.2) is 14.7 Å². The molecule has 1 saturated heterocycles. The molecule has 0 bridgehead atoms. The van der Waals surface area contributed by atoms with E-state index in [1.54, 1.807) is 20.8 Å². The molecule has 0 spiro atoms. The van der Waals surface area contributed by atoms with E-state index in [0.29, 0.717) is 13.0 Å². The number of hydrogen-bond acceptors (Lipinski definition) is 5. The van der Waals surface area contributed by atoms with Crippen molar-refractivity contribution in [1.82, 2.24) is 19.4 Å². The van der Waals surface area contributed by atoms with Gasteiger partial charge in [0.1, 0.15) is 5.60 Å². The van der Waals surface area contributed by atoms with Crippen LogP contribution in [-0.2, 0) is 28.8 Å². The summed E-state index contributed by atoms with van der Waals surface area (Å²) in [5, 5.41) is 0. The Hall–Kier alpha value is -2.70. The zero-order valence-electron chi connectivity index (χ0n) is 16.6. The topological polar surface area (TPSA) is 77.3 Å². The summed E-state index contributed by atoms with van der Waals surface area (Å²) >= 11 is 0. The van der Waals surface area contributed by atoms with Crippen LogP contribution in [-0.4, -0.2) is 43.6 Å². The van der Waals surface area contributed by atoms with E-state index in [4.69, 9.17) is 4.74 Å². The van der Waals surface area contributed by atoms with Gasteiger partial charge in [-0.15, -0.1) is 0 Å². The van der Waals surface area contributed by atoms with Crippen molar-refractivity contribution in [2.45, 2.75) is 58.5 Å². The van der Waals surface area contributed by atoms with Gasteiger partial charge in [0.05, 0.1) is 23.4 Å². The Kier molecular flexibility index (Phi) is 4.69. The predicted octanol–water partition coefficient (Wildman–Crippen LogP) is 3.08. The number of nitrogens with zero attached hydrogens (tertiary/aromatic N) is 4. The average molecular weight is 382 g/mol. The van der Waals surface area contributed by atoms with E-state index < -0.39 is 11.7 Å². The number of carbonyl (C=O) groups excluding carboxylic acids is 2. The third-order valence-corrected chi connectivity index (χ3v) is 5.28. The van der Waals surface area contributed by atoms with Crippen LogP contribution in [0.4, 0.5) is 4.79 Å². The number of rotatable bonds is 2. The van der Waals surface area contributed by atoms with E-state index in [9.17, 15) is 9.59 Å². The van der Waals surface area contributed by atoms with Gasteiger partial charge in [-0.05, 0) is 58.6 Å². The van der Waals surface area contributed by atoms with Crippen molar-refractivity contribution in [3.8, 4) is 5.69 Å². The quantitative estimate of drug-likeness (QED) is 0.798. The van der Waals surface area contributed by atoms with Gasteiger partial charge in [0.2, 0.25) is 5.91 Å². The third-order valence-electron chi connectivity index (χ3n) is 5.28. The number of carbonyl (C=O) groups is 2. The fourth-order valence-corrected chi connectivity index (χ4v) is 4.00. The monoisotopic (exact) mass is 382 g/mol. The van der Waals surface area contributed by atoms with Gasteiger partial charge in [-0.1, -0.05) is 0 Å². The lowest BCUT2D eigenvalue weighted by molar-refractivity contribution is -0.137. The number of hydrogen-bond donors (Lipinski definition) is 0. The van der Waals surface area contributed by atoms with E-state index in [-0.39, 0.29) is 11.8 Å². The molecule has 148 valence electrons. The first-order chi connectivity index (χ1) is 13.3. The summed E-state index contributed by atoms with van der Waals surface area (Å²) in [6.45, 7) is 5.84. The summed E-state index contributed by atoms with van der Waals surface area (Å²) in [6, 6.07) is 3.98. The van der Waals surface area contributed by atoms with Crippen molar-refractivity contribution in [2.24, 2.45) is 5.92 Å². The van der Waals surface area contributed by atoms with Gasteiger partial charge in [-0.2, -0.15) is 0 Å². The van der Waals surface area contributed by atoms with Gasteiger partial charge in [0.15, 0.2) is 0 Å². The van der Waals surface area contributed by atoms with E-state index in [1.165, 1.54) is 4.90 Å². The normalized spacial score (nSPS) is 19.2. The number of likely N-dealkylation sites (tertiary alicyclic amines) is 1. The summed E-state index contributed by atoms with van der Waals surface area (Å²) in [5.41, 5.74) is 3.60. The van der Waals surface area contributed by atoms with Crippen molar-refractivity contribution >= 4 is 12.0 Å². The van der Waals surface area contributed by atoms with E-state index in [0.717, 1.165) is 48.5 Å². The highest BCUT2D eigenvalue weighted by molar-refractivity contribution is 5.94. The minimum absolute atomic E-state index is 0.153. The molecule has 1 unspecified atom stereocenters. The lowest BCUT2D eigenvalue weighted by atomic mass is 9.91. The lowest BCUT2D eigenvalue weighted by Gasteiger charge is -2.32. The number of aromatic nitrogens is 3. The Bertz CT molecular complexity index is 913. The first-order valence-corrected chi connectivity index (χ1v) is 9.87. The lowest BCUT2D eigenvalue weighted by Crippen LogP contribution is -2.47. The highest BCUT2D eigenvalue weighted by Crippen LogP contribution is 2.29. The van der Waals surface area contributed by atoms with Crippen molar-refractivity contribution in [1.29, 1.82) is 0 Å². The zero-order valence-corrected chi connectivity index (χ0v) is 16.6. The van der Waals surface area contributed by atoms with Crippen molar-refractivity contribution < 1.29 is 14.3 Å². The molecule has 2 aromatic rings. The number of amides is 2. The smallest absolute Gasteiger partial charge is 0.417 e. The third kappa shape index (κ3) is 3.53. The van der Waals surface area contributed by atoms with E-state index >= 15 is 0 Å². The number of piperidine rings is 1. The fraction of sp³-hybridized carbons (Fsp3) is 0.524. The molecule has 0 aliphatic carbocycles. The number of pyridine rings is 1. The second kappa shape index (κ2) is 7.04. The summed E-state index contributed by atoms with van der Waals surface area (Å²) < 4.78 is 7.48. The molecule has 1 fully saturated rings. The van der Waals surface area contributed by atoms with Gasteiger partial charge >= 0.3 is 6.09 Å². The molecule has 4 heterocycles. The standard InChI is InChI=1S/C21H26N4O3/c1-21(2,3)28-20(27)24-11-5-6-14(19(24)26)12-16-18-9-8-15-17(7-4-10-22-15)25(18)13-23-16/h4,7,10,13-14H,5-6,8-9,11-12H2,1-3H3. The highest BCUT2D eigenvalue weighted by Gasteiger charge is 2.36. The van der Waals surface area contributed by atoms with Crippen molar-refractivity contribution in [2.75, 3.05) is 6.54 Å². The summed E-state index contributed by atoms with van der Waals surface area (Å²) in [6.07, 6.45) is 6.93. The summed E-state index contributed by atoms with van der Waals surface area (Å²) in [7, 11) is 0. The molecule has 2 aromatic heterocycles. The number of imide groups is 1. The first-order valence-electron chi connectivity index (χ1n) is 9.87. The van der Waals surface area contributed by atoms with Crippen LogP contribution in [0.5, 0.6) is 0 Å².